The molecule has 1 aliphatic rings. The number of carbonyl (C=O) groups is 1. The van der Waals surface area contributed by atoms with E-state index < -0.39 is 0 Å². The van der Waals surface area contributed by atoms with Crippen molar-refractivity contribution in [1.29, 1.82) is 5.26 Å². The van der Waals surface area contributed by atoms with Crippen molar-refractivity contribution in [1.82, 2.24) is 4.57 Å². The lowest BCUT2D eigenvalue weighted by atomic mass is 9.95. The van der Waals surface area contributed by atoms with E-state index >= 15 is 0 Å². The number of nitriles is 1. The summed E-state index contributed by atoms with van der Waals surface area (Å²) >= 11 is 1.70. The summed E-state index contributed by atoms with van der Waals surface area (Å²) in [6.07, 6.45) is 8.21. The van der Waals surface area contributed by atoms with E-state index in [1.807, 2.05) is 41.2 Å². The Bertz CT molecular complexity index is 963. The lowest BCUT2D eigenvalue weighted by molar-refractivity contribution is 0.0472. The fourth-order valence-electron chi connectivity index (χ4n) is 3.31. The molecular weight excluding hydrogens is 344 g/mol. The van der Waals surface area contributed by atoms with Gasteiger partial charge < -0.3 is 9.30 Å². The standard InChI is InChI=1S/C21H18N2O2S/c22-13-15-7-9-16(10-8-15)14-25-21(24)19-17-5-1-2-6-18(17)26-20(19)23-11-3-4-12-23/h3-4,7-12H,1-2,5-6,14H2. The summed E-state index contributed by atoms with van der Waals surface area (Å²) in [6.45, 7) is 0.209. The monoisotopic (exact) mass is 362 g/mol. The largest absolute Gasteiger partial charge is 0.457 e. The molecule has 0 N–H and O–H groups in total. The van der Waals surface area contributed by atoms with Crippen molar-refractivity contribution in [2.24, 2.45) is 0 Å². The van der Waals surface area contributed by atoms with Crippen molar-refractivity contribution in [3.8, 4) is 11.1 Å². The van der Waals surface area contributed by atoms with Crippen LogP contribution in [-0.2, 0) is 24.2 Å². The second-order valence-corrected chi connectivity index (χ2v) is 7.45. The summed E-state index contributed by atoms with van der Waals surface area (Å²) in [5, 5.41) is 9.82. The third-order valence-electron chi connectivity index (χ3n) is 4.65. The first-order valence-corrected chi connectivity index (χ1v) is 9.52. The predicted molar refractivity (Wildman–Crippen MR) is 101 cm³/mol. The molecule has 5 heteroatoms. The number of nitrogens with zero attached hydrogens (tertiary/aromatic N) is 2. The first kappa shape index (κ1) is 16.6. The van der Waals surface area contributed by atoms with Gasteiger partial charge in [0, 0.05) is 17.3 Å². The summed E-state index contributed by atoms with van der Waals surface area (Å²) < 4.78 is 7.62. The van der Waals surface area contributed by atoms with Crippen LogP contribution in [0.3, 0.4) is 0 Å². The number of ether oxygens (including phenoxy) is 1. The number of aryl methyl sites for hydroxylation is 1. The van der Waals surface area contributed by atoms with Gasteiger partial charge in [-0.1, -0.05) is 12.1 Å². The van der Waals surface area contributed by atoms with E-state index in [1.165, 1.54) is 11.3 Å². The molecule has 1 aromatic carbocycles. The van der Waals surface area contributed by atoms with Crippen LogP contribution in [0, 0.1) is 11.3 Å². The number of hydrogen-bond acceptors (Lipinski definition) is 4. The van der Waals surface area contributed by atoms with E-state index in [0.717, 1.165) is 41.0 Å². The molecule has 1 aliphatic carbocycles. The van der Waals surface area contributed by atoms with Crippen LogP contribution in [-0.4, -0.2) is 10.5 Å². The van der Waals surface area contributed by atoms with Crippen LogP contribution < -0.4 is 0 Å². The van der Waals surface area contributed by atoms with Crippen LogP contribution in [0.4, 0.5) is 0 Å². The minimum Gasteiger partial charge on any atom is -0.457 e. The van der Waals surface area contributed by atoms with Crippen molar-refractivity contribution >= 4 is 17.3 Å². The Balaban J connectivity index is 1.60. The Morgan fingerprint density at radius 3 is 2.62 bits per heavy atom. The smallest absolute Gasteiger partial charge is 0.341 e. The lowest BCUT2D eigenvalue weighted by Gasteiger charge is -2.13. The molecule has 0 radical (unpaired) electrons. The molecule has 2 heterocycles. The fraction of sp³-hybridized carbons (Fsp3) is 0.238. The zero-order valence-electron chi connectivity index (χ0n) is 14.3. The lowest BCUT2D eigenvalue weighted by Crippen LogP contribution is -2.11. The van der Waals surface area contributed by atoms with Crippen molar-refractivity contribution in [2.45, 2.75) is 32.3 Å². The molecule has 3 aromatic rings. The number of hydrogen-bond donors (Lipinski definition) is 0. The zero-order chi connectivity index (χ0) is 17.9. The van der Waals surface area contributed by atoms with Crippen molar-refractivity contribution in [2.75, 3.05) is 0 Å². The van der Waals surface area contributed by atoms with Gasteiger partial charge in [-0.25, -0.2) is 4.79 Å². The normalized spacial score (nSPS) is 13.0. The second kappa shape index (κ2) is 7.19. The van der Waals surface area contributed by atoms with Gasteiger partial charge in [-0.05, 0) is 61.1 Å². The van der Waals surface area contributed by atoms with Gasteiger partial charge >= 0.3 is 5.97 Å². The quantitative estimate of drug-likeness (QED) is 0.635. The Hall–Kier alpha value is -2.84. The molecular formula is C21H18N2O2S. The first-order valence-electron chi connectivity index (χ1n) is 8.70. The number of rotatable bonds is 4. The summed E-state index contributed by atoms with van der Waals surface area (Å²) in [5.41, 5.74) is 3.36. The zero-order valence-corrected chi connectivity index (χ0v) is 15.1. The van der Waals surface area contributed by atoms with Crippen molar-refractivity contribution < 1.29 is 9.53 Å². The molecule has 130 valence electrons. The van der Waals surface area contributed by atoms with Crippen LogP contribution in [0.2, 0.25) is 0 Å². The van der Waals surface area contributed by atoms with Crippen molar-refractivity contribution in [3.63, 3.8) is 0 Å². The molecule has 0 atom stereocenters. The third-order valence-corrected chi connectivity index (χ3v) is 5.95. The van der Waals surface area contributed by atoms with Crippen LogP contribution in [0.1, 0.15) is 44.8 Å². The highest BCUT2D eigenvalue weighted by atomic mass is 32.1. The Kier molecular flexibility index (Phi) is 4.59. The van der Waals surface area contributed by atoms with E-state index in [4.69, 9.17) is 10.00 Å². The number of thiophene rings is 1. The minimum absolute atomic E-state index is 0.209. The van der Waals surface area contributed by atoms with Crippen LogP contribution >= 0.6 is 11.3 Å². The highest BCUT2D eigenvalue weighted by Gasteiger charge is 2.27. The average molecular weight is 362 g/mol. The molecule has 4 nitrogen and oxygen atoms in total. The van der Waals surface area contributed by atoms with Gasteiger partial charge in [0.05, 0.1) is 17.2 Å². The molecule has 0 aliphatic heterocycles. The molecule has 0 unspecified atom stereocenters. The number of benzene rings is 1. The van der Waals surface area contributed by atoms with Gasteiger partial charge in [0.15, 0.2) is 0 Å². The second-order valence-electron chi connectivity index (χ2n) is 6.37. The highest BCUT2D eigenvalue weighted by molar-refractivity contribution is 7.15. The highest BCUT2D eigenvalue weighted by Crippen LogP contribution is 2.37. The minimum atomic E-state index is -0.266. The summed E-state index contributed by atoms with van der Waals surface area (Å²) in [5.74, 6) is -0.266. The van der Waals surface area contributed by atoms with Gasteiger partial charge in [-0.3, -0.25) is 0 Å². The molecule has 2 aromatic heterocycles. The summed E-state index contributed by atoms with van der Waals surface area (Å²) in [7, 11) is 0. The third kappa shape index (κ3) is 3.16. The van der Waals surface area contributed by atoms with E-state index in [9.17, 15) is 4.79 Å². The molecule has 0 saturated carbocycles. The van der Waals surface area contributed by atoms with E-state index in [1.54, 1.807) is 23.5 Å². The maximum atomic E-state index is 12.9. The summed E-state index contributed by atoms with van der Waals surface area (Å²) in [6, 6.07) is 13.1. The van der Waals surface area contributed by atoms with E-state index in [2.05, 4.69) is 6.07 Å². The SMILES string of the molecule is N#Cc1ccc(COC(=O)c2c(-n3cccc3)sc3c2CCCC3)cc1. The van der Waals surface area contributed by atoms with Crippen molar-refractivity contribution in [3.05, 3.63) is 75.9 Å². The van der Waals surface area contributed by atoms with Crippen LogP contribution in [0.5, 0.6) is 0 Å². The number of carbonyl (C=O) groups excluding carboxylic acids is 1. The van der Waals surface area contributed by atoms with Crippen LogP contribution in [0.15, 0.2) is 48.8 Å². The van der Waals surface area contributed by atoms with Gasteiger partial charge in [0.25, 0.3) is 0 Å². The molecule has 0 bridgehead atoms. The number of aromatic nitrogens is 1. The molecule has 0 amide bonds. The first-order chi connectivity index (χ1) is 12.8. The fourth-order valence-corrected chi connectivity index (χ4v) is 4.65. The van der Waals surface area contributed by atoms with Crippen LogP contribution in [0.25, 0.3) is 5.00 Å². The molecule has 4 rings (SSSR count). The molecule has 26 heavy (non-hydrogen) atoms. The van der Waals surface area contributed by atoms with E-state index in [-0.39, 0.29) is 12.6 Å². The molecule has 0 spiro atoms. The number of esters is 1. The maximum Gasteiger partial charge on any atom is 0.341 e. The van der Waals surface area contributed by atoms with Gasteiger partial charge in [-0.15, -0.1) is 11.3 Å². The van der Waals surface area contributed by atoms with Gasteiger partial charge in [-0.2, -0.15) is 5.26 Å². The number of fused-ring (bicyclic) bond motifs is 1. The molecule has 0 saturated heterocycles. The molecule has 0 fully saturated rings. The Labute approximate surface area is 156 Å². The topological polar surface area (TPSA) is 55.0 Å². The van der Waals surface area contributed by atoms with Gasteiger partial charge in [0.1, 0.15) is 11.6 Å². The Morgan fingerprint density at radius 2 is 1.88 bits per heavy atom. The Morgan fingerprint density at radius 1 is 1.15 bits per heavy atom. The van der Waals surface area contributed by atoms with E-state index in [0.29, 0.717) is 5.56 Å². The summed E-state index contributed by atoms with van der Waals surface area (Å²) in [4.78, 5) is 14.2. The predicted octanol–water partition coefficient (Wildman–Crippen LogP) is 4.65. The maximum absolute atomic E-state index is 12.9. The average Bonchev–Trinajstić information content (AvgIpc) is 3.33. The van der Waals surface area contributed by atoms with Gasteiger partial charge in [0.2, 0.25) is 0 Å².